The van der Waals surface area contributed by atoms with Crippen LogP contribution in [0, 0.1) is 0 Å². The van der Waals surface area contributed by atoms with Crippen LogP contribution in [0.4, 0.5) is 5.69 Å². The highest BCUT2D eigenvalue weighted by Crippen LogP contribution is 2.11. The maximum Gasteiger partial charge on any atom is 0.225 e. The summed E-state index contributed by atoms with van der Waals surface area (Å²) >= 11 is 0. The second kappa shape index (κ2) is 7.22. The molecular weight excluding hydrogens is 250 g/mol. The molecule has 4 heteroatoms. The molecule has 0 radical (unpaired) electrons. The number of hydrogen-bond donors (Lipinski definition) is 2. The molecule has 0 spiro atoms. The normalized spacial score (nSPS) is 15.8. The average molecular weight is 273 g/mol. The Morgan fingerprint density at radius 3 is 2.70 bits per heavy atom. The maximum atomic E-state index is 11.9. The van der Waals surface area contributed by atoms with E-state index in [2.05, 4.69) is 23.2 Å². The van der Waals surface area contributed by atoms with Crippen molar-refractivity contribution in [3.8, 4) is 0 Å². The third-order valence-electron chi connectivity index (χ3n) is 3.65. The highest BCUT2D eigenvalue weighted by Gasteiger charge is 2.11. The first-order valence-electron chi connectivity index (χ1n) is 7.14. The van der Waals surface area contributed by atoms with Crippen LogP contribution in [0.15, 0.2) is 35.9 Å². The molecule has 3 N–H and O–H groups in total. The van der Waals surface area contributed by atoms with E-state index in [0.717, 1.165) is 37.3 Å². The second-order valence-corrected chi connectivity index (χ2v) is 5.30. The molecule has 0 unspecified atom stereocenters. The Balaban J connectivity index is 1.74. The molecule has 1 amide bonds. The number of hydrogen-bond acceptors (Lipinski definition) is 3. The van der Waals surface area contributed by atoms with E-state index in [-0.39, 0.29) is 5.91 Å². The Kier molecular flexibility index (Phi) is 5.32. The van der Waals surface area contributed by atoms with Gasteiger partial charge in [-0.1, -0.05) is 23.8 Å². The monoisotopic (exact) mass is 273 g/mol. The van der Waals surface area contributed by atoms with Crippen molar-refractivity contribution in [2.24, 2.45) is 5.73 Å². The molecular formula is C16H23N3O. The average Bonchev–Trinajstić information content (AvgIpc) is 2.47. The van der Waals surface area contributed by atoms with Crippen molar-refractivity contribution in [3.05, 3.63) is 41.5 Å². The first kappa shape index (κ1) is 14.8. The molecule has 1 aliphatic rings. The molecule has 1 aromatic carbocycles. The molecule has 4 nitrogen and oxygen atoms in total. The fourth-order valence-electron chi connectivity index (χ4n) is 2.22. The summed E-state index contributed by atoms with van der Waals surface area (Å²) in [6, 6.07) is 7.67. The molecule has 1 aromatic rings. The molecule has 2 rings (SSSR count). The van der Waals surface area contributed by atoms with Gasteiger partial charge >= 0.3 is 0 Å². The lowest BCUT2D eigenvalue weighted by Crippen LogP contribution is -2.31. The van der Waals surface area contributed by atoms with Crippen molar-refractivity contribution in [1.29, 1.82) is 0 Å². The standard InChI is InChI=1S/C16H23N3O/c1-13-6-9-19(10-7-13)11-8-16(20)18-15-4-2-14(12-17)3-5-15/h2-6H,7-12,17H2,1H3,(H,18,20). The van der Waals surface area contributed by atoms with E-state index in [9.17, 15) is 4.79 Å². The third-order valence-corrected chi connectivity index (χ3v) is 3.65. The van der Waals surface area contributed by atoms with Crippen LogP contribution >= 0.6 is 0 Å². The lowest BCUT2D eigenvalue weighted by Gasteiger charge is -2.24. The predicted octanol–water partition coefficient (Wildman–Crippen LogP) is 2.13. The minimum atomic E-state index is 0.0665. The van der Waals surface area contributed by atoms with Crippen LogP contribution in [0.1, 0.15) is 25.3 Å². The summed E-state index contributed by atoms with van der Waals surface area (Å²) in [4.78, 5) is 14.2. The van der Waals surface area contributed by atoms with Crippen LogP contribution in [0.25, 0.3) is 0 Å². The zero-order valence-corrected chi connectivity index (χ0v) is 12.1. The summed E-state index contributed by atoms with van der Waals surface area (Å²) < 4.78 is 0. The Bertz CT molecular complexity index is 479. The number of nitrogens with zero attached hydrogens (tertiary/aromatic N) is 1. The first-order valence-corrected chi connectivity index (χ1v) is 7.14. The molecule has 20 heavy (non-hydrogen) atoms. The van der Waals surface area contributed by atoms with Crippen LogP contribution in [0.2, 0.25) is 0 Å². The van der Waals surface area contributed by atoms with Crippen LogP contribution in [-0.2, 0) is 11.3 Å². The Labute approximate surface area is 120 Å². The van der Waals surface area contributed by atoms with Crippen molar-refractivity contribution in [3.63, 3.8) is 0 Å². The quantitative estimate of drug-likeness (QED) is 0.808. The zero-order chi connectivity index (χ0) is 14.4. The summed E-state index contributed by atoms with van der Waals surface area (Å²) in [6.45, 7) is 5.52. The smallest absolute Gasteiger partial charge is 0.225 e. The van der Waals surface area contributed by atoms with E-state index in [4.69, 9.17) is 5.73 Å². The van der Waals surface area contributed by atoms with Crippen LogP contribution < -0.4 is 11.1 Å². The molecule has 0 saturated carbocycles. The number of amides is 1. The Morgan fingerprint density at radius 2 is 2.10 bits per heavy atom. The van der Waals surface area contributed by atoms with Crippen molar-refractivity contribution in [1.82, 2.24) is 4.90 Å². The molecule has 1 aliphatic heterocycles. The maximum absolute atomic E-state index is 11.9. The van der Waals surface area contributed by atoms with Crippen molar-refractivity contribution in [2.75, 3.05) is 25.0 Å². The number of nitrogens with one attached hydrogen (secondary N) is 1. The number of rotatable bonds is 5. The van der Waals surface area contributed by atoms with E-state index < -0.39 is 0 Å². The van der Waals surface area contributed by atoms with Crippen LogP contribution in [-0.4, -0.2) is 30.4 Å². The summed E-state index contributed by atoms with van der Waals surface area (Å²) in [5.41, 5.74) is 8.90. The van der Waals surface area contributed by atoms with Crippen LogP contribution in [0.5, 0.6) is 0 Å². The molecule has 0 aliphatic carbocycles. The Morgan fingerprint density at radius 1 is 1.35 bits per heavy atom. The van der Waals surface area contributed by atoms with E-state index in [1.54, 1.807) is 0 Å². The van der Waals surface area contributed by atoms with Crippen LogP contribution in [0.3, 0.4) is 0 Å². The lowest BCUT2D eigenvalue weighted by atomic mass is 10.1. The molecule has 108 valence electrons. The minimum absolute atomic E-state index is 0.0665. The largest absolute Gasteiger partial charge is 0.326 e. The molecule has 0 atom stereocenters. The number of carbonyl (C=O) groups excluding carboxylic acids is 1. The highest BCUT2D eigenvalue weighted by atomic mass is 16.1. The van der Waals surface area contributed by atoms with Crippen molar-refractivity contribution < 1.29 is 4.79 Å². The van der Waals surface area contributed by atoms with Gasteiger partial charge in [-0.3, -0.25) is 9.69 Å². The van der Waals surface area contributed by atoms with E-state index in [0.29, 0.717) is 13.0 Å². The number of anilines is 1. The predicted molar refractivity (Wildman–Crippen MR) is 82.4 cm³/mol. The van der Waals surface area contributed by atoms with Gasteiger partial charge in [0, 0.05) is 38.3 Å². The van der Waals surface area contributed by atoms with Crippen molar-refractivity contribution in [2.45, 2.75) is 26.3 Å². The highest BCUT2D eigenvalue weighted by molar-refractivity contribution is 5.90. The van der Waals surface area contributed by atoms with Gasteiger partial charge in [-0.15, -0.1) is 0 Å². The first-order chi connectivity index (χ1) is 9.67. The molecule has 0 saturated heterocycles. The summed E-state index contributed by atoms with van der Waals surface area (Å²) in [5.74, 6) is 0.0665. The van der Waals surface area contributed by atoms with Gasteiger partial charge in [0.05, 0.1) is 0 Å². The minimum Gasteiger partial charge on any atom is -0.326 e. The van der Waals surface area contributed by atoms with Gasteiger partial charge in [-0.05, 0) is 31.0 Å². The van der Waals surface area contributed by atoms with E-state index in [1.807, 2.05) is 24.3 Å². The van der Waals surface area contributed by atoms with Gasteiger partial charge in [-0.25, -0.2) is 0 Å². The van der Waals surface area contributed by atoms with Crippen molar-refractivity contribution >= 4 is 11.6 Å². The topological polar surface area (TPSA) is 58.4 Å². The lowest BCUT2D eigenvalue weighted by molar-refractivity contribution is -0.116. The SMILES string of the molecule is CC1=CCN(CCC(=O)Nc2ccc(CN)cc2)CC1. The zero-order valence-electron chi connectivity index (χ0n) is 12.1. The van der Waals surface area contributed by atoms with Gasteiger partial charge in [0.2, 0.25) is 5.91 Å². The molecule has 1 heterocycles. The number of nitrogens with two attached hydrogens (primary N) is 1. The second-order valence-electron chi connectivity index (χ2n) is 5.30. The van der Waals surface area contributed by atoms with Gasteiger partial charge in [-0.2, -0.15) is 0 Å². The van der Waals surface area contributed by atoms with E-state index >= 15 is 0 Å². The fourth-order valence-corrected chi connectivity index (χ4v) is 2.22. The van der Waals surface area contributed by atoms with Gasteiger partial charge < -0.3 is 11.1 Å². The van der Waals surface area contributed by atoms with Gasteiger partial charge in [0.1, 0.15) is 0 Å². The molecule has 0 bridgehead atoms. The van der Waals surface area contributed by atoms with Gasteiger partial charge in [0.25, 0.3) is 0 Å². The van der Waals surface area contributed by atoms with E-state index in [1.165, 1.54) is 5.57 Å². The fraction of sp³-hybridized carbons (Fsp3) is 0.438. The van der Waals surface area contributed by atoms with Gasteiger partial charge in [0.15, 0.2) is 0 Å². The summed E-state index contributed by atoms with van der Waals surface area (Å²) in [5, 5.41) is 2.92. The summed E-state index contributed by atoms with van der Waals surface area (Å²) in [6.07, 6.45) is 3.89. The molecule has 0 fully saturated rings. The third kappa shape index (κ3) is 4.47. The molecule has 0 aromatic heterocycles. The summed E-state index contributed by atoms with van der Waals surface area (Å²) in [7, 11) is 0. The number of carbonyl (C=O) groups is 1. The Hall–Kier alpha value is -1.65. The number of benzene rings is 1.